The van der Waals surface area contributed by atoms with Gasteiger partial charge in [0.15, 0.2) is 0 Å². The summed E-state index contributed by atoms with van der Waals surface area (Å²) >= 11 is 3.35. The minimum atomic E-state index is -0.411. The number of hydrogen-bond donors (Lipinski definition) is 1. The van der Waals surface area contributed by atoms with Gasteiger partial charge in [0.1, 0.15) is 0 Å². The minimum absolute atomic E-state index is 0.0785. The quantitative estimate of drug-likeness (QED) is 0.620. The zero-order valence-corrected chi connectivity index (χ0v) is 11.9. The Labute approximate surface area is 115 Å². The fourth-order valence-corrected chi connectivity index (χ4v) is 2.24. The van der Waals surface area contributed by atoms with Gasteiger partial charge in [0.2, 0.25) is 0 Å². The van der Waals surface area contributed by atoms with Gasteiger partial charge >= 0.3 is 0 Å². The monoisotopic (exact) mass is 316 g/mol. The Bertz CT molecular complexity index is 406. The van der Waals surface area contributed by atoms with E-state index in [1.165, 1.54) is 12.1 Å². The van der Waals surface area contributed by atoms with Crippen LogP contribution in [0.25, 0.3) is 0 Å². The Morgan fingerprint density at radius 2 is 2.17 bits per heavy atom. The lowest BCUT2D eigenvalue weighted by Crippen LogP contribution is -2.27. The molecule has 0 heterocycles. The van der Waals surface area contributed by atoms with E-state index in [0.29, 0.717) is 13.1 Å². The average molecular weight is 317 g/mol. The number of halogens is 1. The van der Waals surface area contributed by atoms with Gasteiger partial charge in [0.05, 0.1) is 11.5 Å². The molecule has 0 aromatic heterocycles. The first-order valence-corrected chi connectivity index (χ1v) is 6.63. The van der Waals surface area contributed by atoms with E-state index in [1.54, 1.807) is 6.07 Å². The second-order valence-corrected chi connectivity index (χ2v) is 4.89. The van der Waals surface area contributed by atoms with E-state index < -0.39 is 4.92 Å². The van der Waals surface area contributed by atoms with Crippen LogP contribution in [0.2, 0.25) is 0 Å². The lowest BCUT2D eigenvalue weighted by Gasteiger charge is -2.21. The van der Waals surface area contributed by atoms with Gasteiger partial charge in [-0.3, -0.25) is 15.0 Å². The molecule has 0 amide bonds. The number of hydrogen-bond acceptors (Lipinski definition) is 4. The van der Waals surface area contributed by atoms with Crippen LogP contribution < -0.4 is 0 Å². The summed E-state index contributed by atoms with van der Waals surface area (Å²) in [5, 5.41) is 19.6. The molecule has 0 fully saturated rings. The number of aliphatic hydroxyl groups excluding tert-OH is 1. The van der Waals surface area contributed by atoms with Crippen molar-refractivity contribution in [1.29, 1.82) is 0 Å². The largest absolute Gasteiger partial charge is 0.395 e. The van der Waals surface area contributed by atoms with Crippen LogP contribution in [0, 0.1) is 10.1 Å². The first-order chi connectivity index (χ1) is 8.58. The van der Waals surface area contributed by atoms with E-state index in [1.807, 2.05) is 0 Å². The summed E-state index contributed by atoms with van der Waals surface area (Å²) in [5.74, 6) is 0. The van der Waals surface area contributed by atoms with Crippen LogP contribution in [-0.4, -0.2) is 34.6 Å². The first kappa shape index (κ1) is 15.1. The van der Waals surface area contributed by atoms with E-state index in [-0.39, 0.29) is 12.3 Å². The van der Waals surface area contributed by atoms with Gasteiger partial charge < -0.3 is 5.11 Å². The summed E-state index contributed by atoms with van der Waals surface area (Å²) in [6.45, 7) is 4.37. The summed E-state index contributed by atoms with van der Waals surface area (Å²) in [6, 6.07) is 4.77. The van der Waals surface area contributed by atoms with Crippen molar-refractivity contribution in [2.75, 3.05) is 19.7 Å². The van der Waals surface area contributed by atoms with Crippen molar-refractivity contribution in [2.24, 2.45) is 0 Å². The van der Waals surface area contributed by atoms with E-state index in [4.69, 9.17) is 5.11 Å². The lowest BCUT2D eigenvalue weighted by molar-refractivity contribution is -0.384. The highest BCUT2D eigenvalue weighted by molar-refractivity contribution is 9.10. The highest BCUT2D eigenvalue weighted by atomic mass is 79.9. The van der Waals surface area contributed by atoms with Crippen molar-refractivity contribution in [3.8, 4) is 0 Å². The Balaban J connectivity index is 2.79. The highest BCUT2D eigenvalue weighted by Gasteiger charge is 2.11. The van der Waals surface area contributed by atoms with Gasteiger partial charge in [-0.1, -0.05) is 22.9 Å². The Morgan fingerprint density at radius 1 is 1.44 bits per heavy atom. The van der Waals surface area contributed by atoms with Gasteiger partial charge in [-0.25, -0.2) is 0 Å². The van der Waals surface area contributed by atoms with Gasteiger partial charge in [-0.15, -0.1) is 0 Å². The maximum Gasteiger partial charge on any atom is 0.270 e. The molecular weight excluding hydrogens is 300 g/mol. The molecule has 0 aliphatic carbocycles. The zero-order valence-electron chi connectivity index (χ0n) is 10.3. The van der Waals surface area contributed by atoms with Crippen molar-refractivity contribution in [1.82, 2.24) is 4.90 Å². The third-order valence-electron chi connectivity index (χ3n) is 2.60. The first-order valence-electron chi connectivity index (χ1n) is 5.84. The molecule has 5 nitrogen and oxygen atoms in total. The third kappa shape index (κ3) is 4.36. The molecule has 1 aromatic carbocycles. The van der Waals surface area contributed by atoms with Crippen LogP contribution in [0.3, 0.4) is 0 Å². The molecule has 1 rings (SSSR count). The van der Waals surface area contributed by atoms with Crippen LogP contribution in [0.15, 0.2) is 22.7 Å². The van der Waals surface area contributed by atoms with E-state index >= 15 is 0 Å². The number of nitro benzene ring substituents is 1. The normalized spacial score (nSPS) is 10.9. The number of nitrogens with zero attached hydrogens (tertiary/aromatic N) is 2. The number of aliphatic hydroxyl groups is 1. The summed E-state index contributed by atoms with van der Waals surface area (Å²) in [6.07, 6.45) is 1.00. The molecule has 0 aliphatic heterocycles. The Morgan fingerprint density at radius 3 is 2.67 bits per heavy atom. The number of nitro groups is 1. The van der Waals surface area contributed by atoms with E-state index in [9.17, 15) is 10.1 Å². The standard InChI is InChI=1S/C12H17BrN2O3/c1-2-5-14(6-7-16)9-10-3-4-11(15(17)18)8-12(10)13/h3-4,8,16H,2,5-7,9H2,1H3. The second kappa shape index (κ2) is 7.45. The average Bonchev–Trinajstić information content (AvgIpc) is 2.32. The summed E-state index contributed by atoms with van der Waals surface area (Å²) in [5.41, 5.74) is 1.07. The number of non-ortho nitro benzene ring substituents is 1. The molecule has 6 heteroatoms. The summed E-state index contributed by atoms with van der Waals surface area (Å²) in [7, 11) is 0. The molecule has 0 saturated heterocycles. The third-order valence-corrected chi connectivity index (χ3v) is 3.34. The minimum Gasteiger partial charge on any atom is -0.395 e. The van der Waals surface area contributed by atoms with E-state index in [0.717, 1.165) is 23.0 Å². The lowest BCUT2D eigenvalue weighted by atomic mass is 10.2. The van der Waals surface area contributed by atoms with Gasteiger partial charge in [-0.05, 0) is 24.6 Å². The molecule has 0 bridgehead atoms. The predicted octanol–water partition coefficient (Wildman–Crippen LogP) is 2.56. The van der Waals surface area contributed by atoms with Crippen molar-refractivity contribution < 1.29 is 10.0 Å². The molecular formula is C12H17BrN2O3. The molecule has 0 unspecified atom stereocenters. The van der Waals surface area contributed by atoms with Gasteiger partial charge in [-0.2, -0.15) is 0 Å². The van der Waals surface area contributed by atoms with Crippen molar-refractivity contribution in [2.45, 2.75) is 19.9 Å². The zero-order chi connectivity index (χ0) is 13.5. The highest BCUT2D eigenvalue weighted by Crippen LogP contribution is 2.24. The van der Waals surface area contributed by atoms with Crippen LogP contribution in [0.5, 0.6) is 0 Å². The van der Waals surface area contributed by atoms with Crippen LogP contribution >= 0.6 is 15.9 Å². The number of benzene rings is 1. The molecule has 18 heavy (non-hydrogen) atoms. The maximum absolute atomic E-state index is 10.6. The predicted molar refractivity (Wildman–Crippen MR) is 73.5 cm³/mol. The molecule has 1 aromatic rings. The molecule has 100 valence electrons. The maximum atomic E-state index is 10.6. The van der Waals surface area contributed by atoms with E-state index in [2.05, 4.69) is 27.8 Å². The number of rotatable bonds is 7. The summed E-state index contributed by atoms with van der Waals surface area (Å²) < 4.78 is 0.732. The van der Waals surface area contributed by atoms with Crippen molar-refractivity contribution >= 4 is 21.6 Å². The topological polar surface area (TPSA) is 66.6 Å². The molecule has 0 aliphatic rings. The smallest absolute Gasteiger partial charge is 0.270 e. The summed E-state index contributed by atoms with van der Waals surface area (Å²) in [4.78, 5) is 12.3. The SMILES string of the molecule is CCCN(CCO)Cc1ccc([N+](=O)[O-])cc1Br. The van der Waals surface area contributed by atoms with Crippen LogP contribution in [0.4, 0.5) is 5.69 Å². The Hall–Kier alpha value is -0.980. The molecule has 0 radical (unpaired) electrons. The molecule has 0 spiro atoms. The fourth-order valence-electron chi connectivity index (χ4n) is 1.75. The van der Waals surface area contributed by atoms with Crippen LogP contribution in [-0.2, 0) is 6.54 Å². The van der Waals surface area contributed by atoms with Crippen molar-refractivity contribution in [3.63, 3.8) is 0 Å². The van der Waals surface area contributed by atoms with Crippen molar-refractivity contribution in [3.05, 3.63) is 38.3 Å². The molecule has 0 atom stereocenters. The van der Waals surface area contributed by atoms with Gasteiger partial charge in [0.25, 0.3) is 5.69 Å². The molecule has 1 N–H and O–H groups in total. The Kier molecular flexibility index (Phi) is 6.24. The van der Waals surface area contributed by atoms with Gasteiger partial charge in [0, 0.05) is 29.7 Å². The second-order valence-electron chi connectivity index (χ2n) is 4.03. The van der Waals surface area contributed by atoms with Crippen LogP contribution in [0.1, 0.15) is 18.9 Å². The molecule has 0 saturated carbocycles. The fraction of sp³-hybridized carbons (Fsp3) is 0.500.